The highest BCUT2D eigenvalue weighted by molar-refractivity contribution is 14.1. The van der Waals surface area contributed by atoms with Crippen molar-refractivity contribution >= 4 is 182 Å². The first-order valence-electron chi connectivity index (χ1n) is 22.3. The van der Waals surface area contributed by atoms with E-state index in [2.05, 4.69) is 47.3 Å². The molecular formula is C49H40F4I3N9O10S3. The number of hydroxylamine groups is 3. The van der Waals surface area contributed by atoms with Gasteiger partial charge in [0.05, 0.1) is 92.9 Å². The van der Waals surface area contributed by atoms with E-state index in [0.717, 1.165) is 28.2 Å². The number of aromatic nitrogens is 3. The van der Waals surface area contributed by atoms with Gasteiger partial charge in [0.25, 0.3) is 17.7 Å². The van der Waals surface area contributed by atoms with Gasteiger partial charge in [-0.05, 0) is 147 Å². The second kappa shape index (κ2) is 28.9. The molecule has 9 aromatic rings. The number of hydrogen-bond acceptors (Lipinski definition) is 19. The number of fused-ring (bicyclic) bond motifs is 3. The smallest absolute Gasteiger partial charge is 0.278 e. The Kier molecular flexibility index (Phi) is 22.2. The van der Waals surface area contributed by atoms with Crippen LogP contribution in [0.3, 0.4) is 0 Å². The molecule has 408 valence electrons. The maximum Gasteiger partial charge on any atom is 0.278 e. The van der Waals surface area contributed by atoms with E-state index in [4.69, 9.17) is 34.6 Å². The monoisotopic (exact) mass is 1470 g/mol. The van der Waals surface area contributed by atoms with Crippen LogP contribution in [0.4, 0.5) is 49.6 Å². The van der Waals surface area contributed by atoms with Crippen molar-refractivity contribution < 1.29 is 66.5 Å². The van der Waals surface area contributed by atoms with Crippen molar-refractivity contribution in [1.82, 2.24) is 31.4 Å². The largest absolute Gasteiger partial charge is 0.495 e. The van der Waals surface area contributed by atoms with Gasteiger partial charge in [0, 0.05) is 33.1 Å². The van der Waals surface area contributed by atoms with Gasteiger partial charge >= 0.3 is 0 Å². The number of pyridine rings is 3. The molecule has 0 saturated heterocycles. The van der Waals surface area contributed by atoms with Gasteiger partial charge in [0.15, 0.2) is 0 Å². The Morgan fingerprint density at radius 3 is 1.31 bits per heavy atom. The highest BCUT2D eigenvalue weighted by Crippen LogP contribution is 2.40. The fraction of sp³-hybridized carbons (Fsp3) is 0.143. The van der Waals surface area contributed by atoms with Crippen LogP contribution in [-0.2, 0) is 14.5 Å². The third kappa shape index (κ3) is 15.5. The molecule has 0 bridgehead atoms. The van der Waals surface area contributed by atoms with Gasteiger partial charge in [-0.1, -0.05) is 34.0 Å². The van der Waals surface area contributed by atoms with Crippen LogP contribution in [0.5, 0.6) is 5.75 Å². The highest BCUT2D eigenvalue weighted by atomic mass is 127. The lowest BCUT2D eigenvalue weighted by Crippen LogP contribution is -2.25. The van der Waals surface area contributed by atoms with Crippen molar-refractivity contribution in [2.24, 2.45) is 0 Å². The summed E-state index contributed by atoms with van der Waals surface area (Å²) in [5, 5.41) is 37.7. The van der Waals surface area contributed by atoms with Crippen LogP contribution in [0.25, 0.3) is 30.6 Å². The van der Waals surface area contributed by atoms with Crippen molar-refractivity contribution in [3.63, 3.8) is 0 Å². The Bertz CT molecular complexity index is 3600. The van der Waals surface area contributed by atoms with Crippen molar-refractivity contribution in [3.8, 4) is 5.75 Å². The quantitative estimate of drug-likeness (QED) is 0.0158. The third-order valence-corrected chi connectivity index (χ3v) is 15.1. The summed E-state index contributed by atoms with van der Waals surface area (Å²) in [7, 11) is 1.50. The van der Waals surface area contributed by atoms with E-state index in [1.807, 2.05) is 67.8 Å². The van der Waals surface area contributed by atoms with Crippen LogP contribution in [0.15, 0.2) is 97.5 Å². The van der Waals surface area contributed by atoms with E-state index in [9.17, 15) is 31.9 Å². The maximum atomic E-state index is 14.2. The number of benzene rings is 3. The molecule has 0 saturated carbocycles. The molecule has 29 heteroatoms. The molecule has 0 spiro atoms. The maximum absolute atomic E-state index is 14.2. The number of hydrogen-bond donors (Lipinski definition) is 9. The van der Waals surface area contributed by atoms with Crippen molar-refractivity contribution in [2.75, 3.05) is 62.7 Å². The molecule has 9 N–H and O–H groups in total. The summed E-state index contributed by atoms with van der Waals surface area (Å²) in [6.45, 7) is -0.913. The summed E-state index contributed by atoms with van der Waals surface area (Å²) in [6, 6.07) is 20.4. The molecular weight excluding hydrogens is 1430 g/mol. The number of thiophene rings is 3. The zero-order chi connectivity index (χ0) is 55.9. The predicted octanol–water partition coefficient (Wildman–Crippen LogP) is 10.5. The number of aliphatic hydroxyl groups is 3. The molecule has 6 aromatic heterocycles. The second-order valence-electron chi connectivity index (χ2n) is 15.3. The number of carbonyl (C=O) groups excluding carboxylic acids is 3. The van der Waals surface area contributed by atoms with Gasteiger partial charge in [-0.15, -0.1) is 0 Å². The number of aliphatic hydroxyl groups excluding tert-OH is 3. The van der Waals surface area contributed by atoms with E-state index < -0.39 is 41.0 Å². The lowest BCUT2D eigenvalue weighted by molar-refractivity contribution is 0.0167. The van der Waals surface area contributed by atoms with Gasteiger partial charge in [0.2, 0.25) is 0 Å². The molecule has 3 aromatic carbocycles. The SMILES string of the molecule is COc1cnc2sc(Nc3ccc(I)cc3F)c(C(=O)NOCCO)c2c1.O=C(NOCCO)c1c(Nc2ccc(I)cc2F)sc2ncc(F)cc12.O=C(NOCCO)c1c(Nc2ccc(I)cc2F)sc2ncccc12. The fourth-order valence-electron chi connectivity index (χ4n) is 6.68. The van der Waals surface area contributed by atoms with Crippen molar-refractivity contribution in [3.05, 3.63) is 148 Å². The lowest BCUT2D eigenvalue weighted by atomic mass is 10.2. The number of methoxy groups -OCH3 is 1. The summed E-state index contributed by atoms with van der Waals surface area (Å²) in [4.78, 5) is 66.3. The molecule has 0 unspecified atom stereocenters. The zero-order valence-corrected chi connectivity index (χ0v) is 48.8. The predicted molar refractivity (Wildman–Crippen MR) is 314 cm³/mol. The second-order valence-corrected chi connectivity index (χ2v) is 22.0. The molecule has 6 heterocycles. The molecule has 0 aliphatic heterocycles. The topological polar surface area (TPSA) is 260 Å². The minimum Gasteiger partial charge on any atom is -0.495 e. The standard InChI is InChI=1S/C17H15FIN3O4S.C16H12F2IN3O3S.C16H13FIN3O3S/c1-25-10-7-11-14(15(24)22-26-5-4-23)17(27-16(11)20-8-10)21-13-3-2-9(19)6-12(13)18;17-8-5-10-13(14(24)22-25-4-3-23)16(26-15(10)20-7-8)21-12-2-1-9(19)6-11(12)18;17-11-8-9(18)3-4-12(11)20-16-13(14(23)21-24-7-6-22)10-2-1-5-19-15(10)25-16/h2-3,6-8,21,23H,4-5H2,1H3,(H,22,24);1-2,5-7,21,23H,3-4H2,(H,22,24);1-5,8,20,22H,6-7H2,(H,21,23). The number of halogens is 7. The highest BCUT2D eigenvalue weighted by Gasteiger charge is 2.25. The van der Waals surface area contributed by atoms with Gasteiger partial charge in [-0.2, -0.15) is 0 Å². The molecule has 0 atom stereocenters. The van der Waals surface area contributed by atoms with Crippen LogP contribution in [0.1, 0.15) is 31.1 Å². The number of ether oxygens (including phenoxy) is 1. The number of nitrogens with one attached hydrogen (secondary N) is 6. The van der Waals surface area contributed by atoms with Gasteiger partial charge < -0.3 is 36.0 Å². The Balaban J connectivity index is 0.000000170. The number of anilines is 6. The molecule has 78 heavy (non-hydrogen) atoms. The Hall–Kier alpha value is -5.73. The van der Waals surface area contributed by atoms with Crippen LogP contribution < -0.4 is 37.1 Å². The number of rotatable bonds is 19. The first-order chi connectivity index (χ1) is 37.6. The molecule has 0 aliphatic carbocycles. The van der Waals surface area contributed by atoms with Crippen molar-refractivity contribution in [1.29, 1.82) is 0 Å². The summed E-state index contributed by atoms with van der Waals surface area (Å²) < 4.78 is 63.6. The summed E-state index contributed by atoms with van der Waals surface area (Å²) in [6.07, 6.45) is 4.20. The van der Waals surface area contributed by atoms with E-state index in [1.54, 1.807) is 60.8 Å². The number of carbonyl (C=O) groups is 3. The van der Waals surface area contributed by atoms with Gasteiger partial charge in [-0.3, -0.25) is 28.9 Å². The molecule has 19 nitrogen and oxygen atoms in total. The average molecular weight is 1470 g/mol. The Labute approximate surface area is 492 Å². The normalized spacial score (nSPS) is 10.9. The van der Waals surface area contributed by atoms with Crippen molar-refractivity contribution in [2.45, 2.75) is 0 Å². The third-order valence-electron chi connectivity index (χ3n) is 10.0. The minimum absolute atomic E-state index is 0.0272. The molecule has 9 rings (SSSR count). The number of amides is 3. The number of nitrogens with zero attached hydrogens (tertiary/aromatic N) is 3. The minimum atomic E-state index is -0.662. The first kappa shape index (κ1) is 59.9. The average Bonchev–Trinajstić information content (AvgIpc) is 4.15. The van der Waals surface area contributed by atoms with Crippen LogP contribution >= 0.6 is 102 Å². The van der Waals surface area contributed by atoms with E-state index in [-0.39, 0.29) is 73.2 Å². The van der Waals surface area contributed by atoms with Crippen LogP contribution in [0.2, 0.25) is 0 Å². The van der Waals surface area contributed by atoms with E-state index in [1.165, 1.54) is 60.2 Å². The molecule has 3 amide bonds. The van der Waals surface area contributed by atoms with Crippen LogP contribution in [-0.4, -0.2) is 94.7 Å². The summed E-state index contributed by atoms with van der Waals surface area (Å²) >= 11 is 9.56. The molecule has 0 aliphatic rings. The zero-order valence-electron chi connectivity index (χ0n) is 39.9. The summed E-state index contributed by atoms with van der Waals surface area (Å²) in [5.41, 5.74) is 8.01. The van der Waals surface area contributed by atoms with Gasteiger partial charge in [-0.25, -0.2) is 49.0 Å². The fourth-order valence-corrected chi connectivity index (χ4v) is 11.2. The molecule has 0 radical (unpaired) electrons. The lowest BCUT2D eigenvalue weighted by Gasteiger charge is -2.09. The summed E-state index contributed by atoms with van der Waals surface area (Å²) in [5.74, 6) is -3.17. The Morgan fingerprint density at radius 2 is 0.910 bits per heavy atom. The van der Waals surface area contributed by atoms with E-state index in [0.29, 0.717) is 51.6 Å². The molecule has 0 fully saturated rings. The van der Waals surface area contributed by atoms with Gasteiger partial charge in [0.1, 0.15) is 58.5 Å². The Morgan fingerprint density at radius 1 is 0.526 bits per heavy atom. The van der Waals surface area contributed by atoms with E-state index >= 15 is 0 Å². The first-order valence-corrected chi connectivity index (χ1v) is 28.0. The van der Waals surface area contributed by atoms with Crippen LogP contribution in [0, 0.1) is 34.0 Å².